The van der Waals surface area contributed by atoms with Crippen LogP contribution in [0.2, 0.25) is 5.02 Å². The summed E-state index contributed by atoms with van der Waals surface area (Å²) in [6.07, 6.45) is 0. The summed E-state index contributed by atoms with van der Waals surface area (Å²) in [7, 11) is 0. The molecule has 33 heavy (non-hydrogen) atoms. The summed E-state index contributed by atoms with van der Waals surface area (Å²) in [5.74, 6) is -0.0127. The van der Waals surface area contributed by atoms with E-state index >= 15 is 0 Å². The minimum atomic E-state index is -0.235. The lowest BCUT2D eigenvalue weighted by molar-refractivity contribution is -0.113. The fourth-order valence-corrected chi connectivity index (χ4v) is 3.67. The number of aromatic nitrogens is 2. The van der Waals surface area contributed by atoms with Crippen molar-refractivity contribution in [1.29, 1.82) is 0 Å². The molecule has 0 aliphatic rings. The van der Waals surface area contributed by atoms with Crippen LogP contribution in [0.25, 0.3) is 11.5 Å². The Bertz CT molecular complexity index is 1280. The zero-order valence-corrected chi connectivity index (χ0v) is 19.1. The second-order valence-electron chi connectivity index (χ2n) is 7.02. The van der Waals surface area contributed by atoms with Gasteiger partial charge in [0.2, 0.25) is 11.8 Å². The molecule has 3 aromatic carbocycles. The molecule has 0 atom stereocenters. The molecule has 4 rings (SSSR count). The first kappa shape index (κ1) is 22.6. The van der Waals surface area contributed by atoms with Gasteiger partial charge in [-0.15, -0.1) is 10.2 Å². The highest BCUT2D eigenvalue weighted by atomic mass is 35.5. The Kier molecular flexibility index (Phi) is 7.07. The Labute approximate surface area is 199 Å². The van der Waals surface area contributed by atoms with Gasteiger partial charge in [0.05, 0.1) is 5.75 Å². The maximum absolute atomic E-state index is 12.5. The summed E-state index contributed by atoms with van der Waals surface area (Å²) >= 11 is 7.03. The van der Waals surface area contributed by atoms with Gasteiger partial charge in [0.1, 0.15) is 0 Å². The molecule has 0 aliphatic carbocycles. The van der Waals surface area contributed by atoms with Crippen molar-refractivity contribution in [2.75, 3.05) is 16.4 Å². The van der Waals surface area contributed by atoms with E-state index in [2.05, 4.69) is 20.8 Å². The number of hydrogen-bond acceptors (Lipinski definition) is 6. The maximum atomic E-state index is 12.5. The zero-order chi connectivity index (χ0) is 23.2. The van der Waals surface area contributed by atoms with Gasteiger partial charge in [0, 0.05) is 27.5 Å². The monoisotopic (exact) mass is 478 g/mol. The minimum absolute atomic E-state index is 0.0856. The number of carbonyl (C=O) groups is 2. The van der Waals surface area contributed by atoms with Crippen molar-refractivity contribution in [3.8, 4) is 11.5 Å². The third kappa shape index (κ3) is 5.79. The number of rotatable bonds is 7. The van der Waals surface area contributed by atoms with Crippen LogP contribution in [-0.4, -0.2) is 27.8 Å². The number of anilines is 2. The molecule has 7 nitrogen and oxygen atoms in total. The van der Waals surface area contributed by atoms with Crippen LogP contribution in [0.3, 0.4) is 0 Å². The molecule has 2 N–H and O–H groups in total. The van der Waals surface area contributed by atoms with E-state index in [0.29, 0.717) is 27.9 Å². The number of halogens is 1. The predicted molar refractivity (Wildman–Crippen MR) is 130 cm³/mol. The van der Waals surface area contributed by atoms with Crippen molar-refractivity contribution in [3.63, 3.8) is 0 Å². The van der Waals surface area contributed by atoms with Crippen molar-refractivity contribution in [1.82, 2.24) is 10.2 Å². The molecular formula is C24H19ClN4O3S. The van der Waals surface area contributed by atoms with E-state index in [1.807, 2.05) is 13.0 Å². The summed E-state index contributed by atoms with van der Waals surface area (Å²) in [5.41, 5.74) is 3.29. The molecule has 1 heterocycles. The molecular weight excluding hydrogens is 460 g/mol. The summed E-state index contributed by atoms with van der Waals surface area (Å²) < 4.78 is 5.61. The van der Waals surface area contributed by atoms with Crippen LogP contribution in [0.1, 0.15) is 15.9 Å². The SMILES string of the molecule is Cc1c(NC(=O)CSc2nnc(-c3ccc(Cl)cc3)o2)cccc1NC(=O)c1ccccc1. The molecule has 0 saturated heterocycles. The first-order valence-electron chi connectivity index (χ1n) is 9.98. The van der Waals surface area contributed by atoms with Gasteiger partial charge in [-0.3, -0.25) is 9.59 Å². The van der Waals surface area contributed by atoms with Gasteiger partial charge in [-0.25, -0.2) is 0 Å². The topological polar surface area (TPSA) is 97.1 Å². The van der Waals surface area contributed by atoms with Crippen molar-refractivity contribution in [2.24, 2.45) is 0 Å². The van der Waals surface area contributed by atoms with E-state index in [4.69, 9.17) is 16.0 Å². The Morgan fingerprint density at radius 2 is 1.61 bits per heavy atom. The second kappa shape index (κ2) is 10.3. The van der Waals surface area contributed by atoms with E-state index in [1.165, 1.54) is 0 Å². The van der Waals surface area contributed by atoms with Crippen molar-refractivity contribution in [2.45, 2.75) is 12.1 Å². The molecule has 0 radical (unpaired) electrons. The smallest absolute Gasteiger partial charge is 0.277 e. The quantitative estimate of drug-likeness (QED) is 0.331. The molecule has 2 amide bonds. The molecule has 0 bridgehead atoms. The fourth-order valence-electron chi connectivity index (χ4n) is 2.98. The summed E-state index contributed by atoms with van der Waals surface area (Å²) in [6, 6.07) is 21.3. The van der Waals surface area contributed by atoms with Crippen LogP contribution in [0.4, 0.5) is 11.4 Å². The number of nitrogens with zero attached hydrogens (tertiary/aromatic N) is 2. The highest BCUT2D eigenvalue weighted by Crippen LogP contribution is 2.26. The number of carbonyl (C=O) groups excluding carboxylic acids is 2. The average molecular weight is 479 g/mol. The lowest BCUT2D eigenvalue weighted by atomic mass is 10.1. The van der Waals surface area contributed by atoms with E-state index in [9.17, 15) is 9.59 Å². The third-order valence-electron chi connectivity index (χ3n) is 4.72. The van der Waals surface area contributed by atoms with E-state index < -0.39 is 0 Å². The molecule has 0 fully saturated rings. The summed E-state index contributed by atoms with van der Waals surface area (Å²) in [5, 5.41) is 14.6. The molecule has 4 aromatic rings. The fraction of sp³-hybridized carbons (Fsp3) is 0.0833. The Balaban J connectivity index is 1.35. The zero-order valence-electron chi connectivity index (χ0n) is 17.5. The minimum Gasteiger partial charge on any atom is -0.411 e. The average Bonchev–Trinajstić information content (AvgIpc) is 3.30. The maximum Gasteiger partial charge on any atom is 0.277 e. The van der Waals surface area contributed by atoms with Crippen LogP contribution >= 0.6 is 23.4 Å². The largest absolute Gasteiger partial charge is 0.411 e. The molecule has 0 unspecified atom stereocenters. The van der Waals surface area contributed by atoms with E-state index in [0.717, 1.165) is 22.9 Å². The van der Waals surface area contributed by atoms with Gasteiger partial charge < -0.3 is 15.1 Å². The number of benzene rings is 3. The standard InChI is InChI=1S/C24H19ClN4O3S/c1-15-19(8-5-9-20(15)27-22(31)16-6-3-2-4-7-16)26-21(30)14-33-24-29-28-23(32-24)17-10-12-18(25)13-11-17/h2-13H,14H2,1H3,(H,26,30)(H,27,31). The van der Waals surface area contributed by atoms with Crippen molar-refractivity contribution >= 4 is 46.6 Å². The van der Waals surface area contributed by atoms with Crippen LogP contribution in [0.5, 0.6) is 0 Å². The molecule has 0 spiro atoms. The van der Waals surface area contributed by atoms with Crippen LogP contribution in [-0.2, 0) is 4.79 Å². The van der Waals surface area contributed by atoms with Gasteiger partial charge >= 0.3 is 0 Å². The lowest BCUT2D eigenvalue weighted by Gasteiger charge is -2.13. The van der Waals surface area contributed by atoms with Crippen molar-refractivity contribution < 1.29 is 14.0 Å². The van der Waals surface area contributed by atoms with Crippen LogP contribution in [0, 0.1) is 6.92 Å². The van der Waals surface area contributed by atoms with E-state index in [-0.39, 0.29) is 22.8 Å². The molecule has 9 heteroatoms. The Hall–Kier alpha value is -3.62. The van der Waals surface area contributed by atoms with Gasteiger partial charge in [0.15, 0.2) is 0 Å². The summed E-state index contributed by atoms with van der Waals surface area (Å²) in [4.78, 5) is 24.9. The first-order chi connectivity index (χ1) is 16.0. The Morgan fingerprint density at radius 3 is 2.33 bits per heavy atom. The Morgan fingerprint density at radius 1 is 0.909 bits per heavy atom. The van der Waals surface area contributed by atoms with Gasteiger partial charge in [-0.2, -0.15) is 0 Å². The second-order valence-corrected chi connectivity index (χ2v) is 8.38. The van der Waals surface area contributed by atoms with Crippen molar-refractivity contribution in [3.05, 3.63) is 88.9 Å². The highest BCUT2D eigenvalue weighted by Gasteiger charge is 2.14. The first-order valence-corrected chi connectivity index (χ1v) is 11.3. The van der Waals surface area contributed by atoms with Crippen LogP contribution in [0.15, 0.2) is 82.4 Å². The molecule has 0 aliphatic heterocycles. The molecule has 166 valence electrons. The highest BCUT2D eigenvalue weighted by molar-refractivity contribution is 7.99. The molecule has 1 aromatic heterocycles. The number of nitrogens with one attached hydrogen (secondary N) is 2. The van der Waals surface area contributed by atoms with E-state index in [1.54, 1.807) is 66.7 Å². The van der Waals surface area contributed by atoms with Gasteiger partial charge in [0.25, 0.3) is 11.1 Å². The number of hydrogen-bond donors (Lipinski definition) is 2. The van der Waals surface area contributed by atoms with Crippen LogP contribution < -0.4 is 10.6 Å². The normalized spacial score (nSPS) is 10.6. The predicted octanol–water partition coefficient (Wildman–Crippen LogP) is 5.68. The van der Waals surface area contributed by atoms with Gasteiger partial charge in [-0.05, 0) is 61.0 Å². The number of thioether (sulfide) groups is 1. The lowest BCUT2D eigenvalue weighted by Crippen LogP contribution is -2.17. The van der Waals surface area contributed by atoms with Gasteiger partial charge in [-0.1, -0.05) is 47.6 Å². The third-order valence-corrected chi connectivity index (χ3v) is 5.79. The summed E-state index contributed by atoms with van der Waals surface area (Å²) in [6.45, 7) is 1.83. The number of amides is 2. The molecule has 0 saturated carbocycles.